The molecule has 2 heterocycles. The van der Waals surface area contributed by atoms with Crippen molar-refractivity contribution in [1.82, 2.24) is 25.1 Å². The number of nitrogens with one attached hydrogen (secondary N) is 1. The molecule has 0 bridgehead atoms. The number of nitrogen functional groups attached to an aromatic ring is 1. The van der Waals surface area contributed by atoms with E-state index in [0.29, 0.717) is 28.0 Å². The molecule has 2 aromatic carbocycles. The summed E-state index contributed by atoms with van der Waals surface area (Å²) in [5, 5.41) is 16.0. The van der Waals surface area contributed by atoms with Crippen LogP contribution in [0.2, 0.25) is 0 Å². The van der Waals surface area contributed by atoms with Crippen molar-refractivity contribution in [3.8, 4) is 28.5 Å². The number of carbonyl (C=O) groups excluding carboxylic acids is 1. The number of hydrogen-bond donors (Lipinski definition) is 2. The highest BCUT2D eigenvalue weighted by molar-refractivity contribution is 7.99. The zero-order valence-electron chi connectivity index (χ0n) is 16.5. The number of nitrogens with zero attached hydrogens (tertiary/aromatic N) is 4. The number of hydrogen-bond acceptors (Lipinski definition) is 7. The molecule has 0 atom stereocenters. The average molecular weight is 420 g/mol. The number of rotatable bonds is 7. The number of aromatic amines is 1. The normalized spacial score (nSPS) is 10.9. The first-order chi connectivity index (χ1) is 14.5. The van der Waals surface area contributed by atoms with Gasteiger partial charge in [-0.25, -0.2) is 4.68 Å². The fraction of sp³-hybridized carbons (Fsp3) is 0.143. The molecule has 3 N–H and O–H groups in total. The van der Waals surface area contributed by atoms with Crippen LogP contribution in [0.5, 0.6) is 5.75 Å². The average Bonchev–Trinajstić information content (AvgIpc) is 3.39. The highest BCUT2D eigenvalue weighted by atomic mass is 32.2. The zero-order chi connectivity index (χ0) is 21.1. The smallest absolute Gasteiger partial charge is 0.210 e. The summed E-state index contributed by atoms with van der Waals surface area (Å²) in [6.07, 6.45) is 0. The van der Waals surface area contributed by atoms with Gasteiger partial charge in [-0.05, 0) is 37.3 Å². The fourth-order valence-corrected chi connectivity index (χ4v) is 3.61. The predicted octanol–water partition coefficient (Wildman–Crippen LogP) is 3.34. The lowest BCUT2D eigenvalue weighted by atomic mass is 10.1. The lowest BCUT2D eigenvalue weighted by Gasteiger charge is -2.03. The van der Waals surface area contributed by atoms with E-state index in [0.717, 1.165) is 11.3 Å². The third kappa shape index (κ3) is 4.06. The zero-order valence-corrected chi connectivity index (χ0v) is 17.3. The van der Waals surface area contributed by atoms with Crippen molar-refractivity contribution in [1.29, 1.82) is 0 Å². The van der Waals surface area contributed by atoms with Crippen LogP contribution < -0.4 is 10.6 Å². The summed E-state index contributed by atoms with van der Waals surface area (Å²) in [6, 6.07) is 16.9. The fourth-order valence-electron chi connectivity index (χ4n) is 2.86. The Hall–Kier alpha value is -3.59. The molecule has 2 aromatic heterocycles. The molecule has 0 unspecified atom stereocenters. The molecule has 0 aliphatic carbocycles. The van der Waals surface area contributed by atoms with Gasteiger partial charge < -0.3 is 10.6 Å². The summed E-state index contributed by atoms with van der Waals surface area (Å²) >= 11 is 1.23. The third-order valence-electron chi connectivity index (χ3n) is 4.57. The molecule has 30 heavy (non-hydrogen) atoms. The molecule has 0 aliphatic rings. The summed E-state index contributed by atoms with van der Waals surface area (Å²) < 4.78 is 6.47. The first kappa shape index (κ1) is 19.7. The van der Waals surface area contributed by atoms with Gasteiger partial charge in [0.05, 0.1) is 18.6 Å². The maximum atomic E-state index is 12.4. The Labute approximate surface area is 177 Å². The number of aromatic nitrogens is 5. The molecule has 0 spiro atoms. The number of carbonyl (C=O) groups is 1. The number of H-pyrrole nitrogens is 1. The second-order valence-electron chi connectivity index (χ2n) is 6.65. The molecule has 0 saturated heterocycles. The highest BCUT2D eigenvalue weighted by Crippen LogP contribution is 2.25. The number of ether oxygens (including phenoxy) is 1. The van der Waals surface area contributed by atoms with Crippen LogP contribution in [0.1, 0.15) is 15.9 Å². The van der Waals surface area contributed by atoms with E-state index in [1.165, 1.54) is 22.0 Å². The van der Waals surface area contributed by atoms with E-state index in [2.05, 4.69) is 20.4 Å². The molecule has 4 rings (SSSR count). The Balaban J connectivity index is 1.46. The maximum absolute atomic E-state index is 12.4. The largest absolute Gasteiger partial charge is 0.497 e. The van der Waals surface area contributed by atoms with Crippen molar-refractivity contribution >= 4 is 17.5 Å². The Kier molecular flexibility index (Phi) is 5.53. The second kappa shape index (κ2) is 8.42. The van der Waals surface area contributed by atoms with Gasteiger partial charge in [-0.1, -0.05) is 41.6 Å². The van der Waals surface area contributed by atoms with Gasteiger partial charge in [0.2, 0.25) is 11.0 Å². The van der Waals surface area contributed by atoms with Gasteiger partial charge >= 0.3 is 0 Å². The molecular formula is C21H20N6O2S. The van der Waals surface area contributed by atoms with Crippen LogP contribution in [0.25, 0.3) is 22.8 Å². The molecule has 0 amide bonds. The Bertz CT molecular complexity index is 1170. The number of benzene rings is 2. The van der Waals surface area contributed by atoms with Gasteiger partial charge in [0, 0.05) is 11.1 Å². The van der Waals surface area contributed by atoms with Crippen LogP contribution in [0.3, 0.4) is 0 Å². The minimum Gasteiger partial charge on any atom is -0.497 e. The summed E-state index contributed by atoms with van der Waals surface area (Å²) in [5.41, 5.74) is 4.21. The molecule has 8 nitrogen and oxygen atoms in total. The first-order valence-corrected chi connectivity index (χ1v) is 10.2. The van der Waals surface area contributed by atoms with Gasteiger partial charge in [0.25, 0.3) is 0 Å². The van der Waals surface area contributed by atoms with Gasteiger partial charge in [0.15, 0.2) is 5.78 Å². The van der Waals surface area contributed by atoms with E-state index in [1.807, 2.05) is 37.3 Å². The van der Waals surface area contributed by atoms with Crippen molar-refractivity contribution < 1.29 is 9.53 Å². The monoisotopic (exact) mass is 420 g/mol. The van der Waals surface area contributed by atoms with Crippen molar-refractivity contribution in [3.05, 3.63) is 65.7 Å². The predicted molar refractivity (Wildman–Crippen MR) is 116 cm³/mol. The summed E-state index contributed by atoms with van der Waals surface area (Å²) in [7, 11) is 1.59. The second-order valence-corrected chi connectivity index (χ2v) is 7.59. The topological polar surface area (TPSA) is 112 Å². The maximum Gasteiger partial charge on any atom is 0.210 e. The molecular weight excluding hydrogens is 400 g/mol. The van der Waals surface area contributed by atoms with Crippen LogP contribution in [0.4, 0.5) is 0 Å². The van der Waals surface area contributed by atoms with Crippen molar-refractivity contribution in [2.24, 2.45) is 0 Å². The van der Waals surface area contributed by atoms with Gasteiger partial charge in [-0.3, -0.25) is 9.89 Å². The number of aryl methyl sites for hydroxylation is 1. The minimum atomic E-state index is -0.0320. The number of nitrogens with two attached hydrogens (primary N) is 1. The van der Waals surface area contributed by atoms with Crippen molar-refractivity contribution in [2.75, 3.05) is 18.7 Å². The Morgan fingerprint density at radius 2 is 1.87 bits per heavy atom. The Morgan fingerprint density at radius 1 is 1.13 bits per heavy atom. The molecule has 0 fully saturated rings. The van der Waals surface area contributed by atoms with Crippen LogP contribution in [0.15, 0.2) is 59.8 Å². The number of thioether (sulfide) groups is 1. The standard InChI is InChI=1S/C21H20N6O2S/c1-13-3-5-14(6-4-13)17-11-18(24-23-17)20-25-26-21(27(20)22)30-12-19(28)15-7-9-16(29-2)10-8-15/h3-11H,12,22H2,1-2H3,(H,23,24). The molecule has 152 valence electrons. The van der Waals surface area contributed by atoms with Crippen molar-refractivity contribution in [2.45, 2.75) is 12.1 Å². The number of ketones is 1. The minimum absolute atomic E-state index is 0.0320. The van der Waals surface area contributed by atoms with Gasteiger partial charge in [-0.2, -0.15) is 5.10 Å². The lowest BCUT2D eigenvalue weighted by molar-refractivity contribution is 0.102. The summed E-state index contributed by atoms with van der Waals surface area (Å²) in [4.78, 5) is 12.4. The molecule has 4 aromatic rings. The van der Waals surface area contributed by atoms with Crippen molar-refractivity contribution in [3.63, 3.8) is 0 Å². The van der Waals surface area contributed by atoms with Gasteiger partial charge in [0.1, 0.15) is 11.4 Å². The highest BCUT2D eigenvalue weighted by Gasteiger charge is 2.17. The van der Waals surface area contributed by atoms with E-state index in [1.54, 1.807) is 31.4 Å². The van der Waals surface area contributed by atoms with E-state index < -0.39 is 0 Å². The van der Waals surface area contributed by atoms with Crippen LogP contribution >= 0.6 is 11.8 Å². The number of Topliss-reactive ketones (excluding diaryl/α,β-unsaturated/α-hetero) is 1. The van der Waals surface area contributed by atoms with E-state index in [9.17, 15) is 4.79 Å². The van der Waals surface area contributed by atoms with E-state index in [4.69, 9.17) is 10.6 Å². The van der Waals surface area contributed by atoms with Crippen LogP contribution in [0, 0.1) is 6.92 Å². The molecule has 0 radical (unpaired) electrons. The summed E-state index contributed by atoms with van der Waals surface area (Å²) in [5.74, 6) is 7.47. The quantitative estimate of drug-likeness (QED) is 0.268. The number of methoxy groups -OCH3 is 1. The lowest BCUT2D eigenvalue weighted by Crippen LogP contribution is -2.13. The molecule has 0 saturated carbocycles. The van der Waals surface area contributed by atoms with Crippen LogP contribution in [-0.2, 0) is 0 Å². The Morgan fingerprint density at radius 3 is 2.57 bits per heavy atom. The first-order valence-electron chi connectivity index (χ1n) is 9.18. The van der Waals surface area contributed by atoms with Gasteiger partial charge in [-0.15, -0.1) is 10.2 Å². The van der Waals surface area contributed by atoms with Crippen LogP contribution in [-0.4, -0.2) is 43.7 Å². The molecule has 0 aliphatic heterocycles. The summed E-state index contributed by atoms with van der Waals surface area (Å²) in [6.45, 7) is 2.04. The third-order valence-corrected chi connectivity index (χ3v) is 5.52. The van der Waals surface area contributed by atoms with E-state index in [-0.39, 0.29) is 11.5 Å². The SMILES string of the molecule is COc1ccc(C(=O)CSc2nnc(-c3cc(-c4ccc(C)cc4)n[nH]3)n2N)cc1. The molecule has 9 heteroatoms. The van der Waals surface area contributed by atoms with E-state index >= 15 is 0 Å².